The largest absolute Gasteiger partial charge is 0.478 e. The lowest BCUT2D eigenvalue weighted by atomic mass is 9.87. The number of hydrogen-bond acceptors (Lipinski definition) is 2. The average molecular weight is 258 g/mol. The maximum atomic E-state index is 10.6. The van der Waals surface area contributed by atoms with Crippen molar-refractivity contribution in [1.29, 1.82) is 0 Å². The number of fused-ring (bicyclic) bond motifs is 1. The second-order valence-electron chi connectivity index (χ2n) is 5.65. The van der Waals surface area contributed by atoms with Crippen molar-refractivity contribution >= 4 is 23.1 Å². The highest BCUT2D eigenvalue weighted by Gasteiger charge is 2.15. The molecule has 0 radical (unpaired) electrons. The monoisotopic (exact) mass is 258 g/mol. The topological polar surface area (TPSA) is 55.1 Å². The highest BCUT2D eigenvalue weighted by atomic mass is 16.4. The Morgan fingerprint density at radius 1 is 1.37 bits per heavy atom. The third-order valence-corrected chi connectivity index (χ3v) is 3.16. The van der Waals surface area contributed by atoms with Crippen LogP contribution in [0, 0.1) is 0 Å². The quantitative estimate of drug-likeness (QED) is 0.842. The number of carboxylic acids is 1. The average Bonchev–Trinajstić information content (AvgIpc) is 2.62. The number of hydrogen-bond donors (Lipinski definition) is 1. The Bertz CT molecular complexity index is 661. The Morgan fingerprint density at radius 2 is 2.05 bits per heavy atom. The maximum Gasteiger partial charge on any atom is 0.328 e. The molecule has 4 heteroatoms. The fourth-order valence-electron chi connectivity index (χ4n) is 1.98. The first-order valence-corrected chi connectivity index (χ1v) is 6.17. The molecule has 0 spiro atoms. The van der Waals surface area contributed by atoms with Crippen molar-refractivity contribution in [2.75, 3.05) is 0 Å². The fraction of sp³-hybridized carbons (Fsp3) is 0.333. The number of carbonyl (C=O) groups is 1. The predicted molar refractivity (Wildman–Crippen MR) is 76.1 cm³/mol. The summed E-state index contributed by atoms with van der Waals surface area (Å²) in [5, 5.41) is 8.67. The van der Waals surface area contributed by atoms with E-state index in [-0.39, 0.29) is 5.41 Å². The summed E-state index contributed by atoms with van der Waals surface area (Å²) in [7, 11) is 1.88. The van der Waals surface area contributed by atoms with Gasteiger partial charge in [-0.05, 0) is 29.2 Å². The first-order valence-electron chi connectivity index (χ1n) is 6.17. The summed E-state index contributed by atoms with van der Waals surface area (Å²) in [6, 6.07) is 6.18. The van der Waals surface area contributed by atoms with Crippen LogP contribution in [0.15, 0.2) is 24.3 Å². The first-order chi connectivity index (χ1) is 8.79. The van der Waals surface area contributed by atoms with E-state index in [0.717, 1.165) is 17.1 Å². The Morgan fingerprint density at radius 3 is 2.63 bits per heavy atom. The van der Waals surface area contributed by atoms with Gasteiger partial charge in [0.2, 0.25) is 0 Å². The number of benzene rings is 1. The molecule has 0 atom stereocenters. The van der Waals surface area contributed by atoms with E-state index in [1.165, 1.54) is 11.6 Å². The molecule has 0 amide bonds. The molecule has 1 aromatic carbocycles. The fourth-order valence-corrected chi connectivity index (χ4v) is 1.98. The number of aromatic nitrogens is 2. The summed E-state index contributed by atoms with van der Waals surface area (Å²) < 4.78 is 1.89. The first kappa shape index (κ1) is 13.3. The van der Waals surface area contributed by atoms with Gasteiger partial charge in [0.05, 0.1) is 11.0 Å². The van der Waals surface area contributed by atoms with E-state index in [4.69, 9.17) is 5.11 Å². The van der Waals surface area contributed by atoms with Crippen molar-refractivity contribution in [3.63, 3.8) is 0 Å². The zero-order valence-corrected chi connectivity index (χ0v) is 11.6. The number of rotatable bonds is 2. The molecule has 2 rings (SSSR count). The van der Waals surface area contributed by atoms with Crippen LogP contribution in [0.1, 0.15) is 32.2 Å². The molecule has 2 aromatic rings. The standard InChI is InChI=1S/C15H18N2O2/c1-15(2,3)10-5-6-12-11(9-10)16-13(17(12)4)7-8-14(18)19/h5-9H,1-4H3,(H,18,19)/b8-7+. The van der Waals surface area contributed by atoms with Crippen molar-refractivity contribution in [2.45, 2.75) is 26.2 Å². The lowest BCUT2D eigenvalue weighted by Gasteiger charge is -2.18. The van der Waals surface area contributed by atoms with Gasteiger partial charge in [0.25, 0.3) is 0 Å². The normalized spacial score (nSPS) is 12.4. The number of nitrogens with zero attached hydrogens (tertiary/aromatic N) is 2. The Hall–Kier alpha value is -2.10. The minimum Gasteiger partial charge on any atom is -0.478 e. The highest BCUT2D eigenvalue weighted by molar-refractivity contribution is 5.86. The van der Waals surface area contributed by atoms with Gasteiger partial charge in [-0.3, -0.25) is 0 Å². The third kappa shape index (κ3) is 2.67. The van der Waals surface area contributed by atoms with Gasteiger partial charge in [-0.15, -0.1) is 0 Å². The minimum absolute atomic E-state index is 0.0722. The van der Waals surface area contributed by atoms with Crippen LogP contribution in [0.2, 0.25) is 0 Å². The lowest BCUT2D eigenvalue weighted by molar-refractivity contribution is -0.131. The zero-order valence-electron chi connectivity index (χ0n) is 11.6. The van der Waals surface area contributed by atoms with Crippen LogP contribution in [0.3, 0.4) is 0 Å². The summed E-state index contributed by atoms with van der Waals surface area (Å²) in [5.74, 6) is -0.328. The van der Waals surface area contributed by atoms with E-state index >= 15 is 0 Å². The van der Waals surface area contributed by atoms with Crippen LogP contribution in [0.25, 0.3) is 17.1 Å². The van der Waals surface area contributed by atoms with Gasteiger partial charge in [0.1, 0.15) is 5.82 Å². The van der Waals surface area contributed by atoms with E-state index < -0.39 is 5.97 Å². The van der Waals surface area contributed by atoms with Gasteiger partial charge >= 0.3 is 5.97 Å². The maximum absolute atomic E-state index is 10.6. The number of aryl methyl sites for hydroxylation is 1. The molecular formula is C15H18N2O2. The molecule has 0 unspecified atom stereocenters. The van der Waals surface area contributed by atoms with Crippen molar-refractivity contribution in [1.82, 2.24) is 9.55 Å². The van der Waals surface area contributed by atoms with Crippen LogP contribution in [-0.4, -0.2) is 20.6 Å². The molecule has 0 bridgehead atoms. The molecule has 1 aromatic heterocycles. The van der Waals surface area contributed by atoms with Crippen LogP contribution in [0.4, 0.5) is 0 Å². The zero-order chi connectivity index (χ0) is 14.2. The van der Waals surface area contributed by atoms with Gasteiger partial charge in [-0.1, -0.05) is 26.8 Å². The summed E-state index contributed by atoms with van der Waals surface area (Å²) >= 11 is 0. The molecule has 0 saturated heterocycles. The molecule has 0 fully saturated rings. The summed E-state index contributed by atoms with van der Waals surface area (Å²) in [6.45, 7) is 6.47. The Kier molecular flexibility index (Phi) is 3.18. The molecule has 0 saturated carbocycles. The summed E-state index contributed by atoms with van der Waals surface area (Å²) in [6.07, 6.45) is 2.62. The molecule has 4 nitrogen and oxygen atoms in total. The molecule has 100 valence electrons. The molecular weight excluding hydrogens is 240 g/mol. The molecule has 19 heavy (non-hydrogen) atoms. The molecule has 0 aliphatic rings. The van der Waals surface area contributed by atoms with Crippen LogP contribution in [0.5, 0.6) is 0 Å². The molecule has 1 heterocycles. The Balaban J connectivity index is 2.54. The van der Waals surface area contributed by atoms with Gasteiger partial charge in [-0.2, -0.15) is 0 Å². The van der Waals surface area contributed by atoms with Gasteiger partial charge < -0.3 is 9.67 Å². The van der Waals surface area contributed by atoms with Crippen molar-refractivity contribution in [3.05, 3.63) is 35.7 Å². The molecule has 1 N–H and O–H groups in total. The van der Waals surface area contributed by atoms with Gasteiger partial charge in [0.15, 0.2) is 0 Å². The second kappa shape index (κ2) is 4.53. The number of aliphatic carboxylic acids is 1. The van der Waals surface area contributed by atoms with Crippen LogP contribution < -0.4 is 0 Å². The SMILES string of the molecule is Cn1c(/C=C/C(=O)O)nc2cc(C(C)(C)C)ccc21. The van der Waals surface area contributed by atoms with E-state index in [1.807, 2.05) is 17.7 Å². The third-order valence-electron chi connectivity index (χ3n) is 3.16. The smallest absolute Gasteiger partial charge is 0.328 e. The van der Waals surface area contributed by atoms with E-state index in [0.29, 0.717) is 5.82 Å². The van der Waals surface area contributed by atoms with E-state index in [9.17, 15) is 4.79 Å². The van der Waals surface area contributed by atoms with Gasteiger partial charge in [-0.25, -0.2) is 9.78 Å². The van der Waals surface area contributed by atoms with E-state index in [2.05, 4.69) is 37.9 Å². The molecule has 0 aliphatic carbocycles. The number of imidazole rings is 1. The lowest BCUT2D eigenvalue weighted by Crippen LogP contribution is -2.10. The van der Waals surface area contributed by atoms with E-state index in [1.54, 1.807) is 0 Å². The number of carboxylic acid groups (broad SMARTS) is 1. The van der Waals surface area contributed by atoms with Crippen LogP contribution in [-0.2, 0) is 17.3 Å². The molecule has 0 aliphatic heterocycles. The second-order valence-corrected chi connectivity index (χ2v) is 5.65. The van der Waals surface area contributed by atoms with Crippen molar-refractivity contribution < 1.29 is 9.90 Å². The van der Waals surface area contributed by atoms with Crippen molar-refractivity contribution in [3.8, 4) is 0 Å². The summed E-state index contributed by atoms with van der Waals surface area (Å²) in [4.78, 5) is 15.0. The van der Waals surface area contributed by atoms with Gasteiger partial charge in [0, 0.05) is 13.1 Å². The predicted octanol–water partition coefficient (Wildman–Crippen LogP) is 2.97. The highest BCUT2D eigenvalue weighted by Crippen LogP contribution is 2.26. The Labute approximate surface area is 112 Å². The minimum atomic E-state index is -0.970. The van der Waals surface area contributed by atoms with Crippen molar-refractivity contribution in [2.24, 2.45) is 7.05 Å². The van der Waals surface area contributed by atoms with Crippen LogP contribution >= 0.6 is 0 Å². The summed E-state index contributed by atoms with van der Waals surface area (Å²) in [5.41, 5.74) is 3.17.